The molecule has 1 unspecified atom stereocenters. The molecule has 4 aromatic rings. The minimum absolute atomic E-state index is 0.150. The molecule has 0 aliphatic carbocycles. The summed E-state index contributed by atoms with van der Waals surface area (Å²) in [7, 11) is 0. The average Bonchev–Trinajstić information content (AvgIpc) is 3.28. The molecule has 0 fully saturated rings. The summed E-state index contributed by atoms with van der Waals surface area (Å²) in [5.41, 5.74) is 2.96. The molecule has 0 bridgehead atoms. The van der Waals surface area contributed by atoms with Gasteiger partial charge in [-0.1, -0.05) is 54.1 Å². The third kappa shape index (κ3) is 3.64. The van der Waals surface area contributed by atoms with Crippen molar-refractivity contribution in [3.8, 4) is 0 Å². The van der Waals surface area contributed by atoms with Crippen molar-refractivity contribution in [3.05, 3.63) is 87.3 Å². The van der Waals surface area contributed by atoms with Gasteiger partial charge in [0.1, 0.15) is 5.82 Å². The SMILES string of the molecule is O=C(NC(Cc1ccccc1)c1nc2ccccc2[nH]1)c1ccc(Cl)s1. The minimum Gasteiger partial charge on any atom is -0.341 e. The first-order valence-corrected chi connectivity index (χ1v) is 9.43. The summed E-state index contributed by atoms with van der Waals surface area (Å²) in [6, 6.07) is 21.1. The second-order valence-electron chi connectivity index (χ2n) is 5.96. The van der Waals surface area contributed by atoms with Gasteiger partial charge in [0.2, 0.25) is 0 Å². The Kier molecular flexibility index (Phi) is 4.73. The van der Waals surface area contributed by atoms with Gasteiger partial charge >= 0.3 is 0 Å². The van der Waals surface area contributed by atoms with Gasteiger partial charge in [-0.25, -0.2) is 4.98 Å². The van der Waals surface area contributed by atoms with Crippen LogP contribution in [0, 0.1) is 0 Å². The van der Waals surface area contributed by atoms with Gasteiger partial charge in [0.05, 0.1) is 26.3 Å². The van der Waals surface area contributed by atoms with Crippen LogP contribution in [-0.4, -0.2) is 15.9 Å². The number of thiophene rings is 1. The van der Waals surface area contributed by atoms with Crippen LogP contribution in [0.15, 0.2) is 66.7 Å². The van der Waals surface area contributed by atoms with Crippen molar-refractivity contribution in [2.75, 3.05) is 0 Å². The molecule has 26 heavy (non-hydrogen) atoms. The number of nitrogens with one attached hydrogen (secondary N) is 2. The minimum atomic E-state index is -0.266. The number of benzene rings is 2. The van der Waals surface area contributed by atoms with Crippen LogP contribution < -0.4 is 5.32 Å². The number of aromatic nitrogens is 2. The first kappa shape index (κ1) is 16.8. The Labute approximate surface area is 159 Å². The molecule has 0 aliphatic heterocycles. The summed E-state index contributed by atoms with van der Waals surface area (Å²) >= 11 is 7.23. The van der Waals surface area contributed by atoms with Gasteiger partial charge in [-0.15, -0.1) is 11.3 Å². The number of H-pyrrole nitrogens is 1. The average molecular weight is 382 g/mol. The van der Waals surface area contributed by atoms with E-state index < -0.39 is 0 Å². The van der Waals surface area contributed by atoms with Crippen molar-refractivity contribution in [1.82, 2.24) is 15.3 Å². The monoisotopic (exact) mass is 381 g/mol. The van der Waals surface area contributed by atoms with E-state index in [-0.39, 0.29) is 11.9 Å². The Bertz CT molecular complexity index is 1010. The van der Waals surface area contributed by atoms with Crippen LogP contribution in [0.4, 0.5) is 0 Å². The zero-order chi connectivity index (χ0) is 17.9. The lowest BCUT2D eigenvalue weighted by molar-refractivity contribution is 0.0939. The van der Waals surface area contributed by atoms with E-state index in [2.05, 4.69) is 15.3 Å². The first-order chi connectivity index (χ1) is 12.7. The Morgan fingerprint density at radius 2 is 1.85 bits per heavy atom. The number of nitrogens with zero attached hydrogens (tertiary/aromatic N) is 1. The topological polar surface area (TPSA) is 57.8 Å². The van der Waals surface area contributed by atoms with E-state index in [0.717, 1.165) is 22.4 Å². The largest absolute Gasteiger partial charge is 0.341 e. The quantitative estimate of drug-likeness (QED) is 0.511. The molecule has 2 aromatic carbocycles. The molecular formula is C20H16ClN3OS. The third-order valence-electron chi connectivity index (χ3n) is 4.12. The molecule has 4 rings (SSSR count). The molecule has 1 amide bonds. The number of carbonyl (C=O) groups excluding carboxylic acids is 1. The summed E-state index contributed by atoms with van der Waals surface area (Å²) in [5.74, 6) is 0.592. The molecule has 0 saturated heterocycles. The van der Waals surface area contributed by atoms with E-state index in [4.69, 9.17) is 11.6 Å². The van der Waals surface area contributed by atoms with Gasteiger partial charge in [0.15, 0.2) is 0 Å². The predicted octanol–water partition coefficient (Wildman–Crippen LogP) is 4.99. The predicted molar refractivity (Wildman–Crippen MR) is 106 cm³/mol. The highest BCUT2D eigenvalue weighted by Crippen LogP contribution is 2.24. The van der Waals surface area contributed by atoms with Crippen molar-refractivity contribution in [3.63, 3.8) is 0 Å². The van der Waals surface area contributed by atoms with E-state index in [1.807, 2.05) is 54.6 Å². The summed E-state index contributed by atoms with van der Waals surface area (Å²) in [5, 5.41) is 3.09. The smallest absolute Gasteiger partial charge is 0.262 e. The summed E-state index contributed by atoms with van der Waals surface area (Å²) in [6.45, 7) is 0. The van der Waals surface area contributed by atoms with Gasteiger partial charge in [-0.2, -0.15) is 0 Å². The Hall–Kier alpha value is -2.63. The van der Waals surface area contributed by atoms with Crippen LogP contribution in [0.1, 0.15) is 27.1 Å². The molecule has 0 spiro atoms. The van der Waals surface area contributed by atoms with Gasteiger partial charge in [-0.3, -0.25) is 4.79 Å². The second-order valence-corrected chi connectivity index (χ2v) is 7.67. The Balaban J connectivity index is 1.65. The summed E-state index contributed by atoms with van der Waals surface area (Å²) in [6.07, 6.45) is 0.644. The van der Waals surface area contributed by atoms with Crippen molar-refractivity contribution >= 4 is 39.9 Å². The van der Waals surface area contributed by atoms with Crippen LogP contribution in [0.3, 0.4) is 0 Å². The van der Waals surface area contributed by atoms with Gasteiger partial charge < -0.3 is 10.3 Å². The van der Waals surface area contributed by atoms with Gasteiger partial charge in [-0.05, 0) is 36.2 Å². The standard InChI is InChI=1S/C20H16ClN3OS/c21-18-11-10-17(26-18)20(25)24-16(12-13-6-2-1-3-7-13)19-22-14-8-4-5-9-15(14)23-19/h1-11,16H,12H2,(H,22,23)(H,24,25). The molecule has 0 radical (unpaired) electrons. The summed E-state index contributed by atoms with van der Waals surface area (Å²) < 4.78 is 0.596. The fourth-order valence-electron chi connectivity index (χ4n) is 2.87. The van der Waals surface area contributed by atoms with E-state index >= 15 is 0 Å². The van der Waals surface area contributed by atoms with E-state index in [9.17, 15) is 4.79 Å². The third-order valence-corrected chi connectivity index (χ3v) is 5.35. The maximum atomic E-state index is 12.6. The zero-order valence-corrected chi connectivity index (χ0v) is 15.3. The van der Waals surface area contributed by atoms with Crippen molar-refractivity contribution in [2.45, 2.75) is 12.5 Å². The molecule has 2 aromatic heterocycles. The van der Waals surface area contributed by atoms with E-state index in [1.165, 1.54) is 11.3 Å². The lowest BCUT2D eigenvalue weighted by Crippen LogP contribution is -2.30. The lowest BCUT2D eigenvalue weighted by Gasteiger charge is -2.16. The molecular weight excluding hydrogens is 366 g/mol. The Morgan fingerprint density at radius 3 is 2.58 bits per heavy atom. The van der Waals surface area contributed by atoms with E-state index in [1.54, 1.807) is 12.1 Å². The number of aromatic amines is 1. The highest BCUT2D eigenvalue weighted by atomic mass is 35.5. The lowest BCUT2D eigenvalue weighted by atomic mass is 10.1. The van der Waals surface area contributed by atoms with E-state index in [0.29, 0.717) is 15.6 Å². The van der Waals surface area contributed by atoms with Crippen molar-refractivity contribution in [2.24, 2.45) is 0 Å². The molecule has 130 valence electrons. The molecule has 4 nitrogen and oxygen atoms in total. The second kappa shape index (κ2) is 7.32. The van der Waals surface area contributed by atoms with Crippen LogP contribution in [0.5, 0.6) is 0 Å². The highest BCUT2D eigenvalue weighted by molar-refractivity contribution is 7.18. The number of rotatable bonds is 5. The first-order valence-electron chi connectivity index (χ1n) is 8.24. The number of hydrogen-bond acceptors (Lipinski definition) is 3. The number of amides is 1. The van der Waals surface area contributed by atoms with Crippen LogP contribution in [0.2, 0.25) is 4.34 Å². The maximum Gasteiger partial charge on any atom is 0.262 e. The number of hydrogen-bond donors (Lipinski definition) is 2. The molecule has 2 N–H and O–H groups in total. The normalized spacial score (nSPS) is 12.2. The van der Waals surface area contributed by atoms with Crippen molar-refractivity contribution < 1.29 is 4.79 Å². The molecule has 1 atom stereocenters. The van der Waals surface area contributed by atoms with Gasteiger partial charge in [0.25, 0.3) is 5.91 Å². The number of carbonyl (C=O) groups is 1. The van der Waals surface area contributed by atoms with Crippen molar-refractivity contribution in [1.29, 1.82) is 0 Å². The number of halogens is 1. The Morgan fingerprint density at radius 1 is 1.08 bits per heavy atom. The van der Waals surface area contributed by atoms with Crippen LogP contribution in [-0.2, 0) is 6.42 Å². The molecule has 0 saturated carbocycles. The molecule has 2 heterocycles. The number of para-hydroxylation sites is 2. The fourth-order valence-corrected chi connectivity index (χ4v) is 3.82. The highest BCUT2D eigenvalue weighted by Gasteiger charge is 2.20. The molecule has 6 heteroatoms. The fraction of sp³-hybridized carbons (Fsp3) is 0.100. The van der Waals surface area contributed by atoms with Gasteiger partial charge in [0, 0.05) is 0 Å². The zero-order valence-electron chi connectivity index (χ0n) is 13.8. The summed E-state index contributed by atoms with van der Waals surface area (Å²) in [4.78, 5) is 21.2. The number of fused-ring (bicyclic) bond motifs is 1. The van der Waals surface area contributed by atoms with Crippen LogP contribution >= 0.6 is 22.9 Å². The maximum absolute atomic E-state index is 12.6. The van der Waals surface area contributed by atoms with Crippen LogP contribution in [0.25, 0.3) is 11.0 Å². The number of imidazole rings is 1. The molecule has 0 aliphatic rings.